The zero-order valence-corrected chi connectivity index (χ0v) is 19.1. The highest BCUT2D eigenvalue weighted by molar-refractivity contribution is 7.14. The van der Waals surface area contributed by atoms with Gasteiger partial charge in [0, 0.05) is 35.7 Å². The van der Waals surface area contributed by atoms with Crippen molar-refractivity contribution < 1.29 is 32.6 Å². The van der Waals surface area contributed by atoms with E-state index in [1.165, 1.54) is 25.2 Å². The van der Waals surface area contributed by atoms with Gasteiger partial charge in [0.15, 0.2) is 16.6 Å². The quantitative estimate of drug-likeness (QED) is 0.504. The van der Waals surface area contributed by atoms with Crippen LogP contribution in [0.5, 0.6) is 17.2 Å². The minimum Gasteiger partial charge on any atom is -0.493 e. The SMILES string of the molecule is COc1ccc(N2CC(C(=O)Nc3nc(-c4ccccc4OC(F)F)cs3)CC2=O)cc1OC. The molecule has 0 bridgehead atoms. The average molecular weight is 490 g/mol. The summed E-state index contributed by atoms with van der Waals surface area (Å²) in [5.74, 6) is -0.117. The molecular weight excluding hydrogens is 468 g/mol. The Labute approximate surface area is 198 Å². The third-order valence-corrected chi connectivity index (χ3v) is 6.05. The van der Waals surface area contributed by atoms with Crippen LogP contribution in [-0.2, 0) is 9.59 Å². The molecule has 34 heavy (non-hydrogen) atoms. The number of hydrogen-bond acceptors (Lipinski definition) is 7. The molecule has 2 amide bonds. The Balaban J connectivity index is 1.45. The standard InChI is InChI=1S/C23H21F2N3O5S/c1-31-18-8-7-14(10-19(18)32-2)28-11-13(9-20(28)29)21(30)27-23-26-16(12-34-23)15-5-3-4-6-17(15)33-22(24)25/h3-8,10,12-13,22H,9,11H2,1-2H3,(H,26,27,30). The van der Waals surface area contributed by atoms with E-state index in [0.29, 0.717) is 33.6 Å². The summed E-state index contributed by atoms with van der Waals surface area (Å²) < 4.78 is 40.5. The normalized spacial score (nSPS) is 15.5. The molecule has 11 heteroatoms. The van der Waals surface area contributed by atoms with Crippen molar-refractivity contribution in [3.8, 4) is 28.5 Å². The predicted octanol–water partition coefficient (Wildman–Crippen LogP) is 4.42. The highest BCUT2D eigenvalue weighted by Gasteiger charge is 2.36. The molecule has 178 valence electrons. The van der Waals surface area contributed by atoms with Crippen LogP contribution in [0.1, 0.15) is 6.42 Å². The molecule has 1 saturated heterocycles. The van der Waals surface area contributed by atoms with Gasteiger partial charge in [-0.05, 0) is 24.3 Å². The van der Waals surface area contributed by atoms with Gasteiger partial charge >= 0.3 is 6.61 Å². The number of rotatable bonds is 8. The molecule has 8 nitrogen and oxygen atoms in total. The molecular formula is C23H21F2N3O5S. The maximum absolute atomic E-state index is 12.8. The fourth-order valence-corrected chi connectivity index (χ4v) is 4.38. The van der Waals surface area contributed by atoms with E-state index in [9.17, 15) is 18.4 Å². The van der Waals surface area contributed by atoms with Gasteiger partial charge in [0.05, 0.1) is 25.8 Å². The number of nitrogens with one attached hydrogen (secondary N) is 1. The van der Waals surface area contributed by atoms with E-state index in [0.717, 1.165) is 11.3 Å². The largest absolute Gasteiger partial charge is 0.493 e. The van der Waals surface area contributed by atoms with Crippen molar-refractivity contribution in [3.63, 3.8) is 0 Å². The van der Waals surface area contributed by atoms with E-state index in [2.05, 4.69) is 15.0 Å². The summed E-state index contributed by atoms with van der Waals surface area (Å²) in [5, 5.41) is 4.66. The van der Waals surface area contributed by atoms with Crippen molar-refractivity contribution in [2.45, 2.75) is 13.0 Å². The van der Waals surface area contributed by atoms with Crippen molar-refractivity contribution in [3.05, 3.63) is 47.8 Å². The third-order valence-electron chi connectivity index (χ3n) is 5.29. The zero-order chi connectivity index (χ0) is 24.2. The molecule has 1 unspecified atom stereocenters. The Hall–Kier alpha value is -3.73. The Kier molecular flexibility index (Phi) is 6.92. The predicted molar refractivity (Wildman–Crippen MR) is 123 cm³/mol. The van der Waals surface area contributed by atoms with Crippen molar-refractivity contribution in [2.24, 2.45) is 5.92 Å². The second-order valence-electron chi connectivity index (χ2n) is 7.35. The summed E-state index contributed by atoms with van der Waals surface area (Å²) in [6, 6.07) is 11.4. The molecule has 1 N–H and O–H groups in total. The number of anilines is 2. The van der Waals surface area contributed by atoms with Gasteiger partial charge in [0.25, 0.3) is 0 Å². The van der Waals surface area contributed by atoms with E-state index in [1.807, 2.05) is 0 Å². The van der Waals surface area contributed by atoms with Crippen molar-refractivity contribution in [1.29, 1.82) is 0 Å². The smallest absolute Gasteiger partial charge is 0.387 e. The number of carbonyl (C=O) groups is 2. The average Bonchev–Trinajstić information content (AvgIpc) is 3.45. The first kappa shape index (κ1) is 23.4. The highest BCUT2D eigenvalue weighted by atomic mass is 32.1. The van der Waals surface area contributed by atoms with Gasteiger partial charge in [-0.25, -0.2) is 4.98 Å². The van der Waals surface area contributed by atoms with Crippen molar-refractivity contribution in [2.75, 3.05) is 31.0 Å². The van der Waals surface area contributed by atoms with Crippen molar-refractivity contribution in [1.82, 2.24) is 4.98 Å². The Morgan fingerprint density at radius 2 is 1.91 bits per heavy atom. The van der Waals surface area contributed by atoms with Gasteiger partial charge in [-0.1, -0.05) is 12.1 Å². The van der Waals surface area contributed by atoms with E-state index >= 15 is 0 Å². The second-order valence-corrected chi connectivity index (χ2v) is 8.20. The van der Waals surface area contributed by atoms with Gasteiger partial charge in [0.1, 0.15) is 5.75 Å². The molecule has 0 saturated carbocycles. The number of aromatic nitrogens is 1. The highest BCUT2D eigenvalue weighted by Crippen LogP contribution is 2.35. The van der Waals surface area contributed by atoms with Crippen LogP contribution in [0, 0.1) is 5.92 Å². The van der Waals surface area contributed by atoms with Crippen LogP contribution in [0.15, 0.2) is 47.8 Å². The van der Waals surface area contributed by atoms with Gasteiger partial charge in [-0.15, -0.1) is 11.3 Å². The molecule has 1 aliphatic heterocycles. The first-order chi connectivity index (χ1) is 16.4. The number of halogens is 2. The fourth-order valence-electron chi connectivity index (χ4n) is 3.66. The van der Waals surface area contributed by atoms with Gasteiger partial charge < -0.3 is 24.4 Å². The molecule has 1 fully saturated rings. The number of para-hydroxylation sites is 1. The van der Waals surface area contributed by atoms with Crippen LogP contribution in [0.2, 0.25) is 0 Å². The number of hydrogen-bond donors (Lipinski definition) is 1. The number of carbonyl (C=O) groups excluding carboxylic acids is 2. The molecule has 0 radical (unpaired) electrons. The molecule has 0 spiro atoms. The number of alkyl halides is 2. The number of thiazole rings is 1. The molecule has 2 heterocycles. The molecule has 1 aliphatic rings. The Bertz CT molecular complexity index is 1200. The summed E-state index contributed by atoms with van der Waals surface area (Å²) in [5.41, 5.74) is 1.38. The number of methoxy groups -OCH3 is 2. The first-order valence-corrected chi connectivity index (χ1v) is 11.1. The number of benzene rings is 2. The monoisotopic (exact) mass is 489 g/mol. The van der Waals surface area contributed by atoms with Crippen LogP contribution in [-0.4, -0.2) is 44.2 Å². The van der Waals surface area contributed by atoms with Crippen molar-refractivity contribution >= 4 is 34.0 Å². The van der Waals surface area contributed by atoms with Gasteiger partial charge in [-0.2, -0.15) is 8.78 Å². The van der Waals surface area contributed by atoms with Gasteiger partial charge in [-0.3, -0.25) is 9.59 Å². The van der Waals surface area contributed by atoms with Crippen LogP contribution >= 0.6 is 11.3 Å². The molecule has 0 aliphatic carbocycles. The topological polar surface area (TPSA) is 90.0 Å². The Morgan fingerprint density at radius 3 is 2.65 bits per heavy atom. The van der Waals surface area contributed by atoms with Crippen LogP contribution in [0.3, 0.4) is 0 Å². The maximum atomic E-state index is 12.8. The van der Waals surface area contributed by atoms with Crippen LogP contribution < -0.4 is 24.4 Å². The summed E-state index contributed by atoms with van der Waals surface area (Å²) in [7, 11) is 3.03. The number of nitrogens with zero attached hydrogens (tertiary/aromatic N) is 2. The number of amides is 2. The maximum Gasteiger partial charge on any atom is 0.387 e. The first-order valence-electron chi connectivity index (χ1n) is 10.2. The minimum absolute atomic E-state index is 0.00683. The molecule has 4 rings (SSSR count). The lowest BCUT2D eigenvalue weighted by molar-refractivity contribution is -0.122. The summed E-state index contributed by atoms with van der Waals surface area (Å²) in [4.78, 5) is 31.3. The van der Waals surface area contributed by atoms with E-state index in [4.69, 9.17) is 9.47 Å². The zero-order valence-electron chi connectivity index (χ0n) is 18.3. The summed E-state index contributed by atoms with van der Waals surface area (Å²) in [6.45, 7) is -2.77. The van der Waals surface area contributed by atoms with E-state index in [-0.39, 0.29) is 30.5 Å². The molecule has 1 atom stereocenters. The van der Waals surface area contributed by atoms with Gasteiger partial charge in [0.2, 0.25) is 11.8 Å². The number of ether oxygens (including phenoxy) is 3. The lowest BCUT2D eigenvalue weighted by Crippen LogP contribution is -2.28. The Morgan fingerprint density at radius 1 is 1.15 bits per heavy atom. The summed E-state index contributed by atoms with van der Waals surface area (Å²) in [6.07, 6.45) is 0.0451. The second kappa shape index (κ2) is 10.0. The van der Waals surface area contributed by atoms with Crippen LogP contribution in [0.4, 0.5) is 19.6 Å². The van der Waals surface area contributed by atoms with E-state index < -0.39 is 12.5 Å². The minimum atomic E-state index is -2.97. The van der Waals surface area contributed by atoms with Crippen LogP contribution in [0.25, 0.3) is 11.3 Å². The molecule has 1 aromatic heterocycles. The summed E-state index contributed by atoms with van der Waals surface area (Å²) >= 11 is 1.15. The lowest BCUT2D eigenvalue weighted by Gasteiger charge is -2.18. The fraction of sp³-hybridized carbons (Fsp3) is 0.261. The van der Waals surface area contributed by atoms with E-state index in [1.54, 1.807) is 41.8 Å². The lowest BCUT2D eigenvalue weighted by atomic mass is 10.1. The molecule has 3 aromatic rings. The molecule has 2 aromatic carbocycles. The third kappa shape index (κ3) is 4.93.